The van der Waals surface area contributed by atoms with E-state index in [0.717, 1.165) is 23.2 Å². The number of amides is 1. The summed E-state index contributed by atoms with van der Waals surface area (Å²) >= 11 is 0. The summed E-state index contributed by atoms with van der Waals surface area (Å²) in [5.41, 5.74) is 4.19. The van der Waals surface area contributed by atoms with Crippen LogP contribution in [-0.2, 0) is 9.59 Å². The maximum Gasteiger partial charge on any atom is 0.300 e. The van der Waals surface area contributed by atoms with Gasteiger partial charge in [0, 0.05) is 25.3 Å². The third kappa shape index (κ3) is 4.84. The molecule has 3 aromatic rings. The van der Waals surface area contributed by atoms with Crippen molar-refractivity contribution in [3.05, 3.63) is 88.5 Å². The van der Waals surface area contributed by atoms with Gasteiger partial charge in [-0.15, -0.1) is 0 Å². The fourth-order valence-electron chi connectivity index (χ4n) is 4.75. The van der Waals surface area contributed by atoms with Gasteiger partial charge >= 0.3 is 0 Å². The van der Waals surface area contributed by atoms with Crippen LogP contribution in [0.25, 0.3) is 5.76 Å². The number of ketones is 1. The molecule has 1 atom stereocenters. The van der Waals surface area contributed by atoms with Gasteiger partial charge in [0.25, 0.3) is 11.7 Å². The monoisotopic (exact) mass is 514 g/mol. The third-order valence-electron chi connectivity index (χ3n) is 6.75. The summed E-state index contributed by atoms with van der Waals surface area (Å²) in [6, 6.07) is 17.5. The lowest BCUT2D eigenvalue weighted by Gasteiger charge is -2.27. The number of carbonyl (C=O) groups excluding carboxylic acids is 2. The minimum absolute atomic E-state index is 0.0329. The predicted molar refractivity (Wildman–Crippen MR) is 150 cm³/mol. The first-order valence-corrected chi connectivity index (χ1v) is 12.6. The summed E-state index contributed by atoms with van der Waals surface area (Å²) in [6.45, 7) is 6.17. The number of carbonyl (C=O) groups is 2. The van der Waals surface area contributed by atoms with E-state index in [0.29, 0.717) is 34.9 Å². The van der Waals surface area contributed by atoms with Gasteiger partial charge in [-0.2, -0.15) is 0 Å². The Balaban J connectivity index is 1.96. The van der Waals surface area contributed by atoms with Crippen LogP contribution in [0.2, 0.25) is 0 Å². The first-order chi connectivity index (χ1) is 18.2. The highest BCUT2D eigenvalue weighted by Gasteiger charge is 2.48. The molecule has 1 aliphatic heterocycles. The van der Waals surface area contributed by atoms with Gasteiger partial charge in [-0.05, 0) is 73.4 Å². The number of aliphatic hydroxyl groups excluding tert-OH is 1. The fourth-order valence-corrected chi connectivity index (χ4v) is 4.75. The fraction of sp³-hybridized carbons (Fsp3) is 0.290. The zero-order valence-corrected chi connectivity index (χ0v) is 22.7. The molecule has 0 aliphatic carbocycles. The molecular formula is C31H34N2O5. The molecule has 0 aromatic heterocycles. The van der Waals surface area contributed by atoms with Crippen molar-refractivity contribution in [2.24, 2.45) is 0 Å². The van der Waals surface area contributed by atoms with Crippen molar-refractivity contribution in [2.45, 2.75) is 33.2 Å². The van der Waals surface area contributed by atoms with Crippen LogP contribution >= 0.6 is 0 Å². The first kappa shape index (κ1) is 26.8. The number of hydrogen-bond donors (Lipinski definition) is 1. The topological polar surface area (TPSA) is 79.3 Å². The highest BCUT2D eigenvalue weighted by Crippen LogP contribution is 2.45. The number of rotatable bonds is 8. The van der Waals surface area contributed by atoms with Crippen molar-refractivity contribution in [1.29, 1.82) is 0 Å². The largest absolute Gasteiger partial charge is 0.507 e. The summed E-state index contributed by atoms with van der Waals surface area (Å²) < 4.78 is 11.4. The van der Waals surface area contributed by atoms with Gasteiger partial charge in [0.1, 0.15) is 17.3 Å². The molecule has 0 bridgehead atoms. The second-order valence-electron chi connectivity index (χ2n) is 9.61. The van der Waals surface area contributed by atoms with Crippen molar-refractivity contribution in [3.63, 3.8) is 0 Å². The van der Waals surface area contributed by atoms with E-state index in [4.69, 9.17) is 9.47 Å². The molecule has 3 aromatic carbocycles. The smallest absolute Gasteiger partial charge is 0.300 e. The van der Waals surface area contributed by atoms with E-state index < -0.39 is 17.7 Å². The van der Waals surface area contributed by atoms with Crippen LogP contribution in [0, 0.1) is 13.8 Å². The normalized spacial score (nSPS) is 16.6. The molecule has 198 valence electrons. The van der Waals surface area contributed by atoms with Crippen LogP contribution in [0.4, 0.5) is 11.4 Å². The van der Waals surface area contributed by atoms with Gasteiger partial charge in [-0.1, -0.05) is 31.2 Å². The molecule has 1 unspecified atom stereocenters. The Kier molecular flexibility index (Phi) is 7.76. The lowest BCUT2D eigenvalue weighted by Crippen LogP contribution is -2.30. The first-order valence-electron chi connectivity index (χ1n) is 12.6. The number of para-hydroxylation sites is 2. The number of aliphatic hydroxyl groups is 1. The Morgan fingerprint density at radius 3 is 2.29 bits per heavy atom. The molecule has 1 saturated heterocycles. The van der Waals surface area contributed by atoms with Crippen LogP contribution in [0.1, 0.15) is 41.6 Å². The molecule has 1 N–H and O–H groups in total. The Morgan fingerprint density at radius 1 is 0.974 bits per heavy atom. The minimum atomic E-state index is -0.848. The molecule has 4 rings (SSSR count). The molecule has 1 fully saturated rings. The molecule has 0 radical (unpaired) electrons. The molecule has 1 heterocycles. The summed E-state index contributed by atoms with van der Waals surface area (Å²) in [5.74, 6) is -0.506. The average molecular weight is 515 g/mol. The van der Waals surface area contributed by atoms with Crippen molar-refractivity contribution >= 4 is 28.8 Å². The van der Waals surface area contributed by atoms with Crippen LogP contribution < -0.4 is 19.3 Å². The summed E-state index contributed by atoms with van der Waals surface area (Å²) in [6.07, 6.45) is 0.790. The number of Topliss-reactive ketones (excluding diaryl/α,β-unsaturated/α-hetero) is 1. The minimum Gasteiger partial charge on any atom is -0.507 e. The van der Waals surface area contributed by atoms with E-state index >= 15 is 0 Å². The molecule has 0 saturated carbocycles. The van der Waals surface area contributed by atoms with Gasteiger partial charge in [-0.3, -0.25) is 14.5 Å². The van der Waals surface area contributed by atoms with Crippen LogP contribution in [-0.4, -0.2) is 44.6 Å². The van der Waals surface area contributed by atoms with Crippen LogP contribution in [0.15, 0.2) is 66.2 Å². The SMILES string of the molecule is CCCOc1ccccc1N1C(=O)C(=O)/C(=C(/O)c2cc(C)c(OC)cc2C)C1c1ccc(N(C)C)cc1. The van der Waals surface area contributed by atoms with E-state index in [-0.39, 0.29) is 11.3 Å². The van der Waals surface area contributed by atoms with Crippen molar-refractivity contribution < 1.29 is 24.2 Å². The van der Waals surface area contributed by atoms with E-state index in [1.807, 2.05) is 76.2 Å². The number of aryl methyl sites for hydroxylation is 2. The highest BCUT2D eigenvalue weighted by atomic mass is 16.5. The van der Waals surface area contributed by atoms with Crippen LogP contribution in [0.3, 0.4) is 0 Å². The zero-order valence-electron chi connectivity index (χ0n) is 22.7. The number of benzene rings is 3. The molecule has 1 amide bonds. The molecule has 1 aliphatic rings. The maximum absolute atomic E-state index is 13.6. The second kappa shape index (κ2) is 11.0. The third-order valence-corrected chi connectivity index (χ3v) is 6.75. The van der Waals surface area contributed by atoms with Crippen molar-refractivity contribution in [3.8, 4) is 11.5 Å². The number of ether oxygens (including phenoxy) is 2. The van der Waals surface area contributed by atoms with Gasteiger partial charge in [0.15, 0.2) is 0 Å². The van der Waals surface area contributed by atoms with E-state index in [9.17, 15) is 14.7 Å². The maximum atomic E-state index is 13.6. The number of hydrogen-bond acceptors (Lipinski definition) is 6. The summed E-state index contributed by atoms with van der Waals surface area (Å²) in [4.78, 5) is 30.7. The lowest BCUT2D eigenvalue weighted by atomic mass is 9.92. The van der Waals surface area contributed by atoms with E-state index in [1.165, 1.54) is 4.90 Å². The van der Waals surface area contributed by atoms with Gasteiger partial charge in [-0.25, -0.2) is 0 Å². The van der Waals surface area contributed by atoms with E-state index in [1.54, 1.807) is 31.4 Å². The predicted octanol–water partition coefficient (Wildman–Crippen LogP) is 5.79. The van der Waals surface area contributed by atoms with Crippen molar-refractivity contribution in [2.75, 3.05) is 37.6 Å². The Labute approximate surface area is 223 Å². The molecular weight excluding hydrogens is 480 g/mol. The van der Waals surface area contributed by atoms with Crippen molar-refractivity contribution in [1.82, 2.24) is 0 Å². The zero-order chi connectivity index (χ0) is 27.6. The Hall–Kier alpha value is -4.26. The van der Waals surface area contributed by atoms with Gasteiger partial charge in [0.05, 0.1) is 31.0 Å². The van der Waals surface area contributed by atoms with E-state index in [2.05, 4.69) is 0 Å². The average Bonchev–Trinajstić information content (AvgIpc) is 3.18. The molecule has 0 spiro atoms. The number of nitrogens with zero attached hydrogens (tertiary/aromatic N) is 2. The number of methoxy groups -OCH3 is 1. The lowest BCUT2D eigenvalue weighted by molar-refractivity contribution is -0.132. The molecule has 38 heavy (non-hydrogen) atoms. The second-order valence-corrected chi connectivity index (χ2v) is 9.61. The highest BCUT2D eigenvalue weighted by molar-refractivity contribution is 6.52. The van der Waals surface area contributed by atoms with Crippen LogP contribution in [0.5, 0.6) is 11.5 Å². The summed E-state index contributed by atoms with van der Waals surface area (Å²) in [7, 11) is 5.47. The Morgan fingerprint density at radius 2 is 1.66 bits per heavy atom. The summed E-state index contributed by atoms with van der Waals surface area (Å²) in [5, 5.41) is 11.6. The number of anilines is 2. The quantitative estimate of drug-likeness (QED) is 0.233. The van der Waals surface area contributed by atoms with Gasteiger partial charge in [0.2, 0.25) is 0 Å². The van der Waals surface area contributed by atoms with Gasteiger partial charge < -0.3 is 19.5 Å². The molecule has 7 nitrogen and oxygen atoms in total. The standard InChI is InChI=1S/C31H34N2O5/c1-7-16-38-25-11-9-8-10-24(25)33-28(21-12-14-22(15-13-21)32(4)5)27(30(35)31(33)36)29(34)23-17-20(3)26(37-6)18-19(23)2/h8-15,17-18,28,34H,7,16H2,1-6H3/b29-27+. The Bertz CT molecular complexity index is 1390. The molecule has 7 heteroatoms.